The van der Waals surface area contributed by atoms with Crippen molar-refractivity contribution in [2.75, 3.05) is 46.6 Å². The normalized spacial score (nSPS) is 13.9. The Balaban J connectivity index is 0.000000194. The molecule has 0 aliphatic carbocycles. The fourth-order valence-electron chi connectivity index (χ4n) is 12.0. The molecule has 16 nitrogen and oxygen atoms in total. The molecule has 452 valence electrons. The van der Waals surface area contributed by atoms with Crippen LogP contribution in [0.1, 0.15) is 119 Å². The van der Waals surface area contributed by atoms with E-state index in [9.17, 15) is 10.5 Å². The van der Waals surface area contributed by atoms with Crippen molar-refractivity contribution in [3.05, 3.63) is 203 Å². The number of aromatic nitrogens is 8. The monoisotopic (exact) mass is 1180 g/mol. The smallest absolute Gasteiger partial charge is 0.160 e. The largest absolute Gasteiger partial charge is 0.370 e. The van der Waals surface area contributed by atoms with Crippen LogP contribution in [0.25, 0.3) is 44.6 Å². The van der Waals surface area contributed by atoms with Crippen LogP contribution in [-0.4, -0.2) is 89.2 Å². The fourth-order valence-corrected chi connectivity index (χ4v) is 12.0. The number of piperidine rings is 2. The Labute approximate surface area is 524 Å². The summed E-state index contributed by atoms with van der Waals surface area (Å²) in [5.74, 6) is 2.51. The molecule has 16 heteroatoms. The summed E-state index contributed by atoms with van der Waals surface area (Å²) in [6.07, 6.45) is 16.1. The molecular formula is C73H80N16. The summed E-state index contributed by atoms with van der Waals surface area (Å²) < 4.78 is 0. The van der Waals surface area contributed by atoms with Crippen LogP contribution in [0.3, 0.4) is 0 Å². The first kappa shape index (κ1) is 62.3. The average molecular weight is 1180 g/mol. The number of pyridine rings is 4. The lowest BCUT2D eigenvalue weighted by molar-refractivity contribution is 0.317. The number of nitrogens with one attached hydrogen (secondary N) is 4. The molecule has 2 saturated heterocycles. The summed E-state index contributed by atoms with van der Waals surface area (Å²) in [6, 6.07) is 46.3. The summed E-state index contributed by atoms with van der Waals surface area (Å²) in [4.78, 5) is 41.4. The highest BCUT2D eigenvalue weighted by molar-refractivity contribution is 5.99. The fraction of sp³-hybridized carbons (Fsp3) is 0.315. The van der Waals surface area contributed by atoms with E-state index in [4.69, 9.17) is 19.9 Å². The summed E-state index contributed by atoms with van der Waals surface area (Å²) >= 11 is 0. The minimum atomic E-state index is 0. The lowest BCUT2D eigenvalue weighted by atomic mass is 9.98. The molecule has 89 heavy (non-hydrogen) atoms. The Morgan fingerprint density at radius 2 is 0.899 bits per heavy atom. The molecule has 12 rings (SSSR count). The lowest BCUT2D eigenvalue weighted by Gasteiger charge is -2.38. The van der Waals surface area contributed by atoms with Crippen molar-refractivity contribution in [3.63, 3.8) is 0 Å². The first-order valence-corrected chi connectivity index (χ1v) is 30.4. The van der Waals surface area contributed by atoms with Gasteiger partial charge in [-0.25, -0.2) is 29.9 Å². The van der Waals surface area contributed by atoms with Gasteiger partial charge in [-0.3, -0.25) is 9.97 Å². The molecule has 2 aliphatic rings. The molecule has 0 spiro atoms. The zero-order chi connectivity index (χ0) is 61.4. The molecule has 2 fully saturated rings. The van der Waals surface area contributed by atoms with E-state index in [1.165, 1.54) is 11.1 Å². The van der Waals surface area contributed by atoms with Gasteiger partial charge in [0, 0.05) is 144 Å². The molecule has 0 atom stereocenters. The van der Waals surface area contributed by atoms with Gasteiger partial charge in [0.2, 0.25) is 0 Å². The molecule has 0 radical (unpaired) electrons. The first-order valence-electron chi connectivity index (χ1n) is 30.4. The van der Waals surface area contributed by atoms with E-state index in [1.807, 2.05) is 84.9 Å². The van der Waals surface area contributed by atoms with Crippen LogP contribution in [0.4, 0.5) is 34.4 Å². The number of aryl methyl sites for hydroxylation is 2. The predicted molar refractivity (Wildman–Crippen MR) is 361 cm³/mol. The second kappa shape index (κ2) is 27.5. The zero-order valence-corrected chi connectivity index (χ0v) is 51.6. The van der Waals surface area contributed by atoms with E-state index in [1.54, 1.807) is 37.2 Å². The molecule has 8 heterocycles. The van der Waals surface area contributed by atoms with Crippen molar-refractivity contribution in [2.45, 2.75) is 125 Å². The number of para-hydroxylation sites is 2. The number of nitriles is 2. The summed E-state index contributed by atoms with van der Waals surface area (Å²) in [7, 11) is 0. The second-order valence-corrected chi connectivity index (χ2v) is 25.0. The van der Waals surface area contributed by atoms with E-state index in [-0.39, 0.29) is 18.5 Å². The highest BCUT2D eigenvalue weighted by Crippen LogP contribution is 2.39. The van der Waals surface area contributed by atoms with Gasteiger partial charge in [0.05, 0.1) is 22.4 Å². The Hall–Kier alpha value is -9.74. The minimum absolute atomic E-state index is 0. The van der Waals surface area contributed by atoms with Gasteiger partial charge >= 0.3 is 0 Å². The quantitative estimate of drug-likeness (QED) is 0.0799. The maximum atomic E-state index is 10.5. The van der Waals surface area contributed by atoms with E-state index in [2.05, 4.69) is 155 Å². The van der Waals surface area contributed by atoms with Crippen LogP contribution < -0.4 is 31.1 Å². The number of hydrogen-bond donors (Lipinski definition) is 4. The van der Waals surface area contributed by atoms with Crippen LogP contribution in [0.5, 0.6) is 0 Å². The van der Waals surface area contributed by atoms with E-state index < -0.39 is 0 Å². The van der Waals surface area contributed by atoms with Gasteiger partial charge in [-0.1, -0.05) is 56.0 Å². The van der Waals surface area contributed by atoms with Gasteiger partial charge in [-0.2, -0.15) is 10.5 Å². The average Bonchev–Trinajstić information content (AvgIpc) is 1.74. The number of nitrogens with zero attached hydrogens (tertiary/aromatic N) is 12. The van der Waals surface area contributed by atoms with Crippen LogP contribution in [0.15, 0.2) is 159 Å². The number of anilines is 6. The molecule has 0 amide bonds. The Morgan fingerprint density at radius 1 is 0.494 bits per heavy atom. The van der Waals surface area contributed by atoms with Gasteiger partial charge < -0.3 is 31.1 Å². The van der Waals surface area contributed by atoms with Gasteiger partial charge in [0.25, 0.3) is 0 Å². The highest BCUT2D eigenvalue weighted by Gasteiger charge is 2.29. The third-order valence-electron chi connectivity index (χ3n) is 16.1. The molecule has 6 aromatic heterocycles. The summed E-state index contributed by atoms with van der Waals surface area (Å²) in [5.41, 5.74) is 15.1. The van der Waals surface area contributed by atoms with Crippen molar-refractivity contribution in [3.8, 4) is 34.9 Å². The molecule has 0 saturated carbocycles. The van der Waals surface area contributed by atoms with Crippen LogP contribution in [0, 0.1) is 36.5 Å². The van der Waals surface area contributed by atoms with Crippen molar-refractivity contribution in [1.82, 2.24) is 50.5 Å². The maximum Gasteiger partial charge on any atom is 0.160 e. The maximum absolute atomic E-state index is 10.5. The van der Waals surface area contributed by atoms with Gasteiger partial charge in [0.1, 0.15) is 23.3 Å². The van der Waals surface area contributed by atoms with Crippen molar-refractivity contribution >= 4 is 56.2 Å². The zero-order valence-electron chi connectivity index (χ0n) is 51.6. The Morgan fingerprint density at radius 3 is 1.26 bits per heavy atom. The molecule has 2 aliphatic heterocycles. The lowest BCUT2D eigenvalue weighted by Crippen LogP contribution is -2.49. The molecule has 0 bridgehead atoms. The molecule has 10 aromatic rings. The van der Waals surface area contributed by atoms with Crippen LogP contribution in [-0.2, 0) is 12.8 Å². The third kappa shape index (κ3) is 15.3. The minimum Gasteiger partial charge on any atom is -0.370 e. The Kier molecular flexibility index (Phi) is 19.3. The molecule has 4 N–H and O–H groups in total. The van der Waals surface area contributed by atoms with Crippen molar-refractivity contribution < 1.29 is 0 Å². The van der Waals surface area contributed by atoms with Gasteiger partial charge in [0.15, 0.2) is 23.3 Å². The van der Waals surface area contributed by atoms with Crippen molar-refractivity contribution in [1.29, 1.82) is 10.5 Å². The van der Waals surface area contributed by atoms with Gasteiger partial charge in [-0.15, -0.1) is 0 Å². The predicted octanol–water partition coefficient (Wildman–Crippen LogP) is 14.6. The molecular weight excluding hydrogens is 1100 g/mol. The SMILES string of the molecule is C.Cc1cc(Nc2nc3ccccc3c(N3CCC(NC(C)(C)C)CC3)c2C#N)ccc1Cc1ccnc(-c2cccnc2)n1.Cc1cc(Nc2nc3ccccc3c(N3CCC(NC(C)(C)C)CC3)c2C#N)ccc1Cc1ccnc(-c2cccnc2)n1. The van der Waals surface area contributed by atoms with Crippen molar-refractivity contribution in [2.24, 2.45) is 0 Å². The van der Waals surface area contributed by atoms with E-state index in [0.29, 0.717) is 59.3 Å². The summed E-state index contributed by atoms with van der Waals surface area (Å²) in [5, 5.41) is 37.4. The standard InChI is InChI=1S/2C36H38N8.CH4/c2*1-24-20-28(12-11-25(24)21-29-13-17-39-34(40-29)26-8-7-16-38-23-26)41-35-31(22-37)33(30-9-5-6-10-32(30)42-35)44-18-14-27(15-19-44)43-36(2,3)4;/h2*5-13,16-17,20,23,27,43H,14-15,18-19,21H2,1-4H3,(H,41,42);1H4. The van der Waals surface area contributed by atoms with Gasteiger partial charge in [-0.05, 0) is 176 Å². The molecule has 4 aromatic carbocycles. The molecule has 0 unspecified atom stereocenters. The van der Waals surface area contributed by atoms with E-state index in [0.717, 1.165) is 130 Å². The van der Waals surface area contributed by atoms with E-state index >= 15 is 0 Å². The number of rotatable bonds is 14. The highest BCUT2D eigenvalue weighted by atomic mass is 15.2. The third-order valence-corrected chi connectivity index (χ3v) is 16.1. The van der Waals surface area contributed by atoms with Crippen LogP contribution in [0.2, 0.25) is 0 Å². The first-order chi connectivity index (χ1) is 42.5. The summed E-state index contributed by atoms with van der Waals surface area (Å²) in [6.45, 7) is 21.0. The second-order valence-electron chi connectivity index (χ2n) is 25.0. The Bertz CT molecular complexity index is 3900. The number of fused-ring (bicyclic) bond motifs is 2. The van der Waals surface area contributed by atoms with Crippen LogP contribution >= 0.6 is 0 Å². The topological polar surface area (TPSA) is 205 Å². The number of hydrogen-bond acceptors (Lipinski definition) is 16. The number of benzene rings is 4.